The van der Waals surface area contributed by atoms with Gasteiger partial charge in [0.05, 0.1) is 14.7 Å². The van der Waals surface area contributed by atoms with Gasteiger partial charge >= 0.3 is 0 Å². The summed E-state index contributed by atoms with van der Waals surface area (Å²) in [6.45, 7) is 0. The number of hydrogen-bond donors (Lipinski definition) is 0. The van der Waals surface area contributed by atoms with Crippen LogP contribution < -0.4 is 4.74 Å². The average molecular weight is 162 g/mol. The van der Waals surface area contributed by atoms with Gasteiger partial charge in [-0.05, 0) is 12.1 Å². The number of nitrogens with zero attached hydrogens (tertiary/aromatic N) is 3. The Hall–Kier alpha value is -1.71. The normalized spacial score (nSPS) is 11.2. The molecule has 0 N–H and O–H groups in total. The second kappa shape index (κ2) is 2.73. The molecule has 0 saturated heterocycles. The first-order valence-electron chi connectivity index (χ1n) is 3.94. The van der Waals surface area contributed by atoms with Gasteiger partial charge in [0.1, 0.15) is 5.52 Å². The van der Waals surface area contributed by atoms with E-state index in [2.05, 4.69) is 15.0 Å². The Labute approximate surface area is 70.7 Å². The Morgan fingerprint density at radius 1 is 1.50 bits per heavy atom. The van der Waals surface area contributed by atoms with Crippen LogP contribution in [0.4, 0.5) is 0 Å². The van der Waals surface area contributed by atoms with Gasteiger partial charge in [-0.3, -0.25) is 0 Å². The molecule has 0 bridgehead atoms. The molecule has 60 valence electrons. The number of pyridine rings is 1. The molecule has 0 aliphatic heterocycles. The van der Waals surface area contributed by atoms with Crippen LogP contribution in [0, 0.1) is 0 Å². The van der Waals surface area contributed by atoms with Gasteiger partial charge in [-0.15, -0.1) is 0 Å². The average Bonchev–Trinajstić information content (AvgIpc) is 2.17. The number of hydrogen-bond acceptors (Lipinski definition) is 4. The van der Waals surface area contributed by atoms with Crippen molar-refractivity contribution in [1.82, 2.24) is 15.0 Å². The zero-order valence-electron chi connectivity index (χ0n) is 7.48. The molecular formula is C8H7N3O. The minimum Gasteiger partial charge on any atom is -0.480 e. The van der Waals surface area contributed by atoms with Crippen molar-refractivity contribution in [2.24, 2.45) is 0 Å². The van der Waals surface area contributed by atoms with E-state index in [1.165, 1.54) is 7.11 Å². The van der Waals surface area contributed by atoms with E-state index in [0.717, 1.165) is 0 Å². The van der Waals surface area contributed by atoms with Crippen molar-refractivity contribution in [3.8, 4) is 5.88 Å². The molecule has 0 saturated carbocycles. The van der Waals surface area contributed by atoms with Gasteiger partial charge in [0.25, 0.3) is 0 Å². The summed E-state index contributed by atoms with van der Waals surface area (Å²) in [5, 5.41) is 0. The summed E-state index contributed by atoms with van der Waals surface area (Å²) in [6.07, 6.45) is 1.66. The van der Waals surface area contributed by atoms with Crippen molar-refractivity contribution in [2.45, 2.75) is 0 Å². The zero-order valence-corrected chi connectivity index (χ0v) is 6.48. The third-order valence-corrected chi connectivity index (χ3v) is 1.44. The highest BCUT2D eigenvalue weighted by Gasteiger charge is 1.97. The van der Waals surface area contributed by atoms with Crippen LogP contribution in [0.15, 0.2) is 24.5 Å². The standard InChI is InChI=1S/C8H7N3O/c1-12-7-5-10-6-3-2-4-9-8(6)11-7/h2-5H,1H3/i5D. The Kier molecular flexibility index (Phi) is 1.34. The van der Waals surface area contributed by atoms with Crippen LogP contribution in [0.2, 0.25) is 0 Å². The molecular weight excluding hydrogens is 154 g/mol. The van der Waals surface area contributed by atoms with E-state index >= 15 is 0 Å². The summed E-state index contributed by atoms with van der Waals surface area (Å²) >= 11 is 0. The van der Waals surface area contributed by atoms with Crippen molar-refractivity contribution in [2.75, 3.05) is 7.11 Å². The second-order valence-electron chi connectivity index (χ2n) is 2.19. The van der Waals surface area contributed by atoms with E-state index in [1.54, 1.807) is 18.3 Å². The fourth-order valence-electron chi connectivity index (χ4n) is 0.882. The number of rotatable bonds is 1. The quantitative estimate of drug-likeness (QED) is 0.628. The molecule has 2 heterocycles. The minimum atomic E-state index is 0.0306. The predicted molar refractivity (Wildman–Crippen MR) is 43.9 cm³/mol. The molecule has 0 unspecified atom stereocenters. The van der Waals surface area contributed by atoms with Gasteiger partial charge in [-0.2, -0.15) is 4.98 Å². The highest BCUT2D eigenvalue weighted by Crippen LogP contribution is 2.09. The molecule has 4 heteroatoms. The first kappa shape index (κ1) is 5.88. The van der Waals surface area contributed by atoms with E-state index in [0.29, 0.717) is 11.2 Å². The van der Waals surface area contributed by atoms with Crippen molar-refractivity contribution >= 4 is 11.2 Å². The highest BCUT2D eigenvalue weighted by atomic mass is 16.5. The summed E-state index contributed by atoms with van der Waals surface area (Å²) < 4.78 is 12.3. The summed E-state index contributed by atoms with van der Waals surface area (Å²) in [7, 11) is 1.46. The molecule has 4 nitrogen and oxygen atoms in total. The fraction of sp³-hybridized carbons (Fsp3) is 0.125. The SMILES string of the molecule is [2H]c1nc2cccnc2nc1OC. The monoisotopic (exact) mass is 162 g/mol. The Morgan fingerprint density at radius 3 is 3.25 bits per heavy atom. The Bertz CT molecular complexity index is 446. The molecule has 0 aromatic carbocycles. The fourth-order valence-corrected chi connectivity index (χ4v) is 0.882. The minimum absolute atomic E-state index is 0.0306. The first-order chi connectivity index (χ1) is 6.31. The molecule has 2 rings (SSSR count). The summed E-state index contributed by atoms with van der Waals surface area (Å²) in [4.78, 5) is 12.0. The summed E-state index contributed by atoms with van der Waals surface area (Å²) in [5.41, 5.74) is 1.10. The van der Waals surface area contributed by atoms with Gasteiger partial charge in [0.15, 0.2) is 5.65 Å². The van der Waals surface area contributed by atoms with E-state index in [1.807, 2.05) is 0 Å². The predicted octanol–water partition coefficient (Wildman–Crippen LogP) is 1.03. The molecule has 0 radical (unpaired) electrons. The van der Waals surface area contributed by atoms with Crippen LogP contribution in [-0.4, -0.2) is 22.1 Å². The third-order valence-electron chi connectivity index (χ3n) is 1.44. The lowest BCUT2D eigenvalue weighted by molar-refractivity contribution is 0.397. The molecule has 0 amide bonds. The van der Waals surface area contributed by atoms with E-state index in [-0.39, 0.29) is 12.1 Å². The smallest absolute Gasteiger partial charge is 0.234 e. The largest absolute Gasteiger partial charge is 0.480 e. The van der Waals surface area contributed by atoms with Crippen LogP contribution in [0.1, 0.15) is 1.37 Å². The van der Waals surface area contributed by atoms with E-state index in [4.69, 9.17) is 6.11 Å². The van der Waals surface area contributed by atoms with Gasteiger partial charge in [-0.25, -0.2) is 9.97 Å². The van der Waals surface area contributed by atoms with Crippen LogP contribution in [-0.2, 0) is 0 Å². The molecule has 0 aliphatic carbocycles. The molecule has 0 atom stereocenters. The van der Waals surface area contributed by atoms with Gasteiger partial charge in [0.2, 0.25) is 5.88 Å². The van der Waals surface area contributed by atoms with Gasteiger partial charge < -0.3 is 4.74 Å². The van der Waals surface area contributed by atoms with Crippen LogP contribution in [0.25, 0.3) is 11.2 Å². The first-order valence-corrected chi connectivity index (χ1v) is 3.44. The summed E-state index contributed by atoms with van der Waals surface area (Å²) in [6, 6.07) is 3.51. The topological polar surface area (TPSA) is 47.9 Å². The maximum atomic E-state index is 7.43. The number of methoxy groups -OCH3 is 1. The molecule has 0 fully saturated rings. The molecule has 0 aliphatic rings. The number of fused-ring (bicyclic) bond motifs is 1. The summed E-state index contributed by atoms with van der Waals surface area (Å²) in [5.74, 6) is 0.200. The maximum absolute atomic E-state index is 7.43. The molecule has 12 heavy (non-hydrogen) atoms. The van der Waals surface area contributed by atoms with Crippen molar-refractivity contribution in [3.63, 3.8) is 0 Å². The lowest BCUT2D eigenvalue weighted by Crippen LogP contribution is -1.91. The molecule has 2 aromatic heterocycles. The number of ether oxygens (including phenoxy) is 1. The second-order valence-corrected chi connectivity index (χ2v) is 2.19. The Morgan fingerprint density at radius 2 is 2.42 bits per heavy atom. The van der Waals surface area contributed by atoms with Crippen molar-refractivity contribution in [3.05, 3.63) is 24.5 Å². The van der Waals surface area contributed by atoms with Crippen LogP contribution in [0.5, 0.6) is 5.88 Å². The van der Waals surface area contributed by atoms with Crippen molar-refractivity contribution < 1.29 is 6.11 Å². The molecule has 2 aromatic rings. The van der Waals surface area contributed by atoms with Crippen LogP contribution >= 0.6 is 0 Å². The van der Waals surface area contributed by atoms with Gasteiger partial charge in [-0.1, -0.05) is 0 Å². The number of aromatic nitrogens is 3. The lowest BCUT2D eigenvalue weighted by Gasteiger charge is -1.97. The lowest BCUT2D eigenvalue weighted by atomic mass is 10.4. The highest BCUT2D eigenvalue weighted by molar-refractivity contribution is 5.68. The zero-order chi connectivity index (χ0) is 9.26. The van der Waals surface area contributed by atoms with Gasteiger partial charge in [0, 0.05) is 6.20 Å². The van der Waals surface area contributed by atoms with E-state index in [9.17, 15) is 0 Å². The van der Waals surface area contributed by atoms with Crippen molar-refractivity contribution in [1.29, 1.82) is 0 Å². The van der Waals surface area contributed by atoms with Crippen LogP contribution in [0.3, 0.4) is 0 Å². The Balaban J connectivity index is 2.74. The third kappa shape index (κ3) is 1.07. The molecule has 0 spiro atoms. The maximum Gasteiger partial charge on any atom is 0.234 e. The van der Waals surface area contributed by atoms with E-state index < -0.39 is 0 Å².